The maximum absolute atomic E-state index is 13.0. The standard InChI is InChI=1S/C15H18BrF3N6O2/c1-5-24-6-9(11(22-24)14(27)20-4)21-13(26)8(3)25-7(2)10(16)12(23-25)15(17,18)19/h6,8H,5H2,1-4H3,(H,20,27)(H,21,26). The second-order valence-corrected chi connectivity index (χ2v) is 6.47. The minimum atomic E-state index is -4.65. The fraction of sp³-hybridized carbons (Fsp3) is 0.467. The highest BCUT2D eigenvalue weighted by molar-refractivity contribution is 9.10. The van der Waals surface area contributed by atoms with E-state index in [1.54, 1.807) is 6.92 Å². The van der Waals surface area contributed by atoms with E-state index in [9.17, 15) is 22.8 Å². The van der Waals surface area contributed by atoms with Crippen molar-refractivity contribution in [2.45, 2.75) is 39.5 Å². The Hall–Kier alpha value is -2.37. The molecule has 0 radical (unpaired) electrons. The van der Waals surface area contributed by atoms with Gasteiger partial charge in [-0.2, -0.15) is 23.4 Å². The highest BCUT2D eigenvalue weighted by Gasteiger charge is 2.39. The summed E-state index contributed by atoms with van der Waals surface area (Å²) in [6.07, 6.45) is -3.18. The average molecular weight is 451 g/mol. The second kappa shape index (κ2) is 7.71. The van der Waals surface area contributed by atoms with E-state index in [0.29, 0.717) is 6.54 Å². The van der Waals surface area contributed by atoms with Crippen LogP contribution in [0.1, 0.15) is 41.8 Å². The molecule has 0 aliphatic heterocycles. The van der Waals surface area contributed by atoms with Gasteiger partial charge in [0.15, 0.2) is 11.4 Å². The number of carbonyl (C=O) groups is 2. The number of nitrogens with one attached hydrogen (secondary N) is 2. The summed E-state index contributed by atoms with van der Waals surface area (Å²) in [6, 6.07) is -1.06. The van der Waals surface area contributed by atoms with Crippen molar-refractivity contribution in [1.82, 2.24) is 24.9 Å². The van der Waals surface area contributed by atoms with Gasteiger partial charge < -0.3 is 10.6 Å². The fourth-order valence-corrected chi connectivity index (χ4v) is 2.85. The maximum atomic E-state index is 13.0. The number of aromatic nitrogens is 4. The lowest BCUT2D eigenvalue weighted by Crippen LogP contribution is -2.27. The normalized spacial score (nSPS) is 12.7. The lowest BCUT2D eigenvalue weighted by Gasteiger charge is -2.14. The summed E-state index contributed by atoms with van der Waals surface area (Å²) in [6.45, 7) is 5.10. The van der Waals surface area contributed by atoms with E-state index in [1.165, 1.54) is 31.8 Å². The number of aryl methyl sites for hydroxylation is 1. The van der Waals surface area contributed by atoms with Crippen molar-refractivity contribution in [2.75, 3.05) is 12.4 Å². The summed E-state index contributed by atoms with van der Waals surface area (Å²) in [4.78, 5) is 24.5. The predicted molar refractivity (Wildman–Crippen MR) is 94.3 cm³/mol. The smallest absolute Gasteiger partial charge is 0.354 e. The van der Waals surface area contributed by atoms with Crippen molar-refractivity contribution in [3.8, 4) is 0 Å². The molecule has 0 saturated heterocycles. The topological polar surface area (TPSA) is 93.8 Å². The monoisotopic (exact) mass is 450 g/mol. The van der Waals surface area contributed by atoms with Gasteiger partial charge in [-0.1, -0.05) is 0 Å². The molecule has 0 fully saturated rings. The van der Waals surface area contributed by atoms with E-state index >= 15 is 0 Å². The third-order valence-electron chi connectivity index (χ3n) is 3.88. The van der Waals surface area contributed by atoms with Crippen LogP contribution >= 0.6 is 15.9 Å². The number of hydrogen-bond acceptors (Lipinski definition) is 4. The predicted octanol–water partition coefficient (Wildman–Crippen LogP) is 2.75. The number of hydrogen-bond donors (Lipinski definition) is 2. The first-order valence-electron chi connectivity index (χ1n) is 7.93. The van der Waals surface area contributed by atoms with Gasteiger partial charge in [-0.15, -0.1) is 0 Å². The minimum Gasteiger partial charge on any atom is -0.354 e. The van der Waals surface area contributed by atoms with Crippen molar-refractivity contribution in [3.05, 3.63) is 27.8 Å². The Morgan fingerprint density at radius 1 is 1.33 bits per heavy atom. The van der Waals surface area contributed by atoms with Crippen LogP contribution in [0.25, 0.3) is 0 Å². The number of halogens is 4. The molecule has 0 aromatic carbocycles. The summed E-state index contributed by atoms with van der Waals surface area (Å²) in [5, 5.41) is 12.5. The summed E-state index contributed by atoms with van der Waals surface area (Å²) < 4.78 is 41.3. The van der Waals surface area contributed by atoms with Crippen molar-refractivity contribution in [2.24, 2.45) is 0 Å². The van der Waals surface area contributed by atoms with Gasteiger partial charge in [0, 0.05) is 19.8 Å². The number of nitrogens with zero attached hydrogens (tertiary/aromatic N) is 4. The van der Waals surface area contributed by atoms with Crippen LogP contribution in [0.2, 0.25) is 0 Å². The van der Waals surface area contributed by atoms with Crippen LogP contribution in [0.15, 0.2) is 10.7 Å². The van der Waals surface area contributed by atoms with Gasteiger partial charge >= 0.3 is 6.18 Å². The molecule has 0 bridgehead atoms. The highest BCUT2D eigenvalue weighted by Crippen LogP contribution is 2.36. The summed E-state index contributed by atoms with van der Waals surface area (Å²) in [5.74, 6) is -1.13. The Morgan fingerprint density at radius 3 is 2.44 bits per heavy atom. The molecule has 1 unspecified atom stereocenters. The number of anilines is 1. The van der Waals surface area contributed by atoms with Gasteiger partial charge in [-0.05, 0) is 36.7 Å². The second-order valence-electron chi connectivity index (χ2n) is 5.68. The van der Waals surface area contributed by atoms with E-state index in [4.69, 9.17) is 0 Å². The Labute approximate surface area is 161 Å². The SMILES string of the molecule is CCn1cc(NC(=O)C(C)n2nc(C(F)(F)F)c(Br)c2C)c(C(=O)NC)n1. The number of carbonyl (C=O) groups excluding carboxylic acids is 2. The van der Waals surface area contributed by atoms with Crippen LogP contribution in [0.5, 0.6) is 0 Å². The molecule has 0 saturated carbocycles. The van der Waals surface area contributed by atoms with Crippen molar-refractivity contribution in [3.63, 3.8) is 0 Å². The Morgan fingerprint density at radius 2 is 1.96 bits per heavy atom. The molecule has 2 amide bonds. The van der Waals surface area contributed by atoms with E-state index in [-0.39, 0.29) is 21.5 Å². The molecule has 8 nitrogen and oxygen atoms in total. The lowest BCUT2D eigenvalue weighted by molar-refractivity contribution is -0.142. The van der Waals surface area contributed by atoms with Gasteiger partial charge in [0.25, 0.3) is 5.91 Å². The van der Waals surface area contributed by atoms with Crippen molar-refractivity contribution in [1.29, 1.82) is 0 Å². The van der Waals surface area contributed by atoms with Gasteiger partial charge in [0.05, 0.1) is 15.9 Å². The molecule has 12 heteroatoms. The minimum absolute atomic E-state index is 0.00856. The van der Waals surface area contributed by atoms with Gasteiger partial charge in [0.2, 0.25) is 5.91 Å². The molecule has 2 rings (SSSR count). The first-order chi connectivity index (χ1) is 12.5. The molecule has 2 N–H and O–H groups in total. The third kappa shape index (κ3) is 4.15. The number of amides is 2. The first kappa shape index (κ1) is 20.9. The largest absolute Gasteiger partial charge is 0.436 e. The van der Waals surface area contributed by atoms with Crippen LogP contribution in [0.4, 0.5) is 18.9 Å². The zero-order valence-corrected chi connectivity index (χ0v) is 16.6. The van der Waals surface area contributed by atoms with Crippen LogP contribution in [-0.2, 0) is 17.5 Å². The van der Waals surface area contributed by atoms with E-state index in [2.05, 4.69) is 36.8 Å². The van der Waals surface area contributed by atoms with Crippen LogP contribution < -0.4 is 10.6 Å². The quantitative estimate of drug-likeness (QED) is 0.731. The lowest BCUT2D eigenvalue weighted by atomic mass is 10.2. The highest BCUT2D eigenvalue weighted by atomic mass is 79.9. The Kier molecular flexibility index (Phi) is 5.97. The van der Waals surface area contributed by atoms with Gasteiger partial charge in [-0.3, -0.25) is 19.0 Å². The van der Waals surface area contributed by atoms with Gasteiger partial charge in [-0.25, -0.2) is 0 Å². The van der Waals surface area contributed by atoms with Gasteiger partial charge in [0.1, 0.15) is 6.04 Å². The summed E-state index contributed by atoms with van der Waals surface area (Å²) in [5.41, 5.74) is -0.785. The Balaban J connectivity index is 2.32. The van der Waals surface area contributed by atoms with E-state index < -0.39 is 29.7 Å². The molecular formula is C15H18BrF3N6O2. The molecule has 0 aliphatic rings. The zero-order valence-electron chi connectivity index (χ0n) is 15.0. The van der Waals surface area contributed by atoms with Crippen LogP contribution in [0.3, 0.4) is 0 Å². The number of rotatable bonds is 5. The molecule has 27 heavy (non-hydrogen) atoms. The third-order valence-corrected chi connectivity index (χ3v) is 4.83. The zero-order chi connectivity index (χ0) is 20.5. The fourth-order valence-electron chi connectivity index (χ4n) is 2.37. The first-order valence-corrected chi connectivity index (χ1v) is 8.72. The molecule has 0 aliphatic carbocycles. The molecule has 0 spiro atoms. The molecule has 1 atom stereocenters. The average Bonchev–Trinajstić information content (AvgIpc) is 3.15. The van der Waals surface area contributed by atoms with Crippen LogP contribution in [-0.4, -0.2) is 38.4 Å². The summed E-state index contributed by atoms with van der Waals surface area (Å²) >= 11 is 2.87. The van der Waals surface area contributed by atoms with Crippen LogP contribution in [0, 0.1) is 6.92 Å². The van der Waals surface area contributed by atoms with E-state index in [1.807, 2.05) is 0 Å². The Bertz CT molecular complexity index is 874. The summed E-state index contributed by atoms with van der Waals surface area (Å²) in [7, 11) is 1.42. The molecular weight excluding hydrogens is 433 g/mol. The van der Waals surface area contributed by atoms with Crippen molar-refractivity contribution < 1.29 is 22.8 Å². The maximum Gasteiger partial charge on any atom is 0.436 e. The molecule has 2 heterocycles. The molecule has 2 aromatic heterocycles. The number of alkyl halides is 3. The van der Waals surface area contributed by atoms with Crippen molar-refractivity contribution >= 4 is 33.4 Å². The van der Waals surface area contributed by atoms with E-state index in [0.717, 1.165) is 4.68 Å². The molecule has 148 valence electrons. The molecule has 2 aromatic rings.